The molecule has 1 aliphatic carbocycles. The first-order valence-corrected chi connectivity index (χ1v) is 6.40. The molecular weight excluding hydrogens is 182 g/mol. The summed E-state index contributed by atoms with van der Waals surface area (Å²) in [4.78, 5) is 4.29. The predicted molar refractivity (Wildman–Crippen MR) is 68.5 cm³/mol. The van der Waals surface area contributed by atoms with E-state index >= 15 is 0 Å². The van der Waals surface area contributed by atoms with Gasteiger partial charge in [-0.15, -0.1) is 0 Å². The third kappa shape index (κ3) is 3.81. The summed E-state index contributed by atoms with van der Waals surface area (Å²) in [6, 6.07) is 0.507. The molecule has 0 aromatic rings. The summed E-state index contributed by atoms with van der Waals surface area (Å²) in [5, 5.41) is 0. The SMILES string of the molecule is C=NC1CCCCC(CC=CCC)C1C. The first-order valence-electron chi connectivity index (χ1n) is 6.40. The number of aliphatic imine (C=N–C) groups is 1. The lowest BCUT2D eigenvalue weighted by molar-refractivity contribution is 0.309. The monoisotopic (exact) mass is 207 g/mol. The van der Waals surface area contributed by atoms with E-state index in [4.69, 9.17) is 0 Å². The molecule has 1 rings (SSSR count). The largest absolute Gasteiger partial charge is 0.297 e. The van der Waals surface area contributed by atoms with Crippen molar-refractivity contribution in [3.05, 3.63) is 12.2 Å². The summed E-state index contributed by atoms with van der Waals surface area (Å²) in [7, 11) is 0. The van der Waals surface area contributed by atoms with E-state index in [0.717, 1.165) is 12.3 Å². The van der Waals surface area contributed by atoms with E-state index in [9.17, 15) is 0 Å². The van der Waals surface area contributed by atoms with Crippen molar-refractivity contribution in [2.75, 3.05) is 0 Å². The van der Waals surface area contributed by atoms with E-state index in [1.807, 2.05) is 0 Å². The van der Waals surface area contributed by atoms with Crippen molar-refractivity contribution in [3.63, 3.8) is 0 Å². The highest BCUT2D eigenvalue weighted by atomic mass is 14.8. The van der Waals surface area contributed by atoms with E-state index in [1.165, 1.54) is 32.1 Å². The van der Waals surface area contributed by atoms with E-state index in [1.54, 1.807) is 0 Å². The van der Waals surface area contributed by atoms with Gasteiger partial charge in [-0.3, -0.25) is 4.99 Å². The molecule has 3 atom stereocenters. The zero-order chi connectivity index (χ0) is 11.1. The highest BCUT2D eigenvalue weighted by molar-refractivity contribution is 5.24. The molecule has 0 aromatic carbocycles. The second-order valence-corrected chi connectivity index (χ2v) is 4.77. The van der Waals surface area contributed by atoms with Gasteiger partial charge in [0, 0.05) is 0 Å². The molecule has 3 unspecified atom stereocenters. The first-order chi connectivity index (χ1) is 7.29. The minimum atomic E-state index is 0.507. The molecule has 0 aromatic heterocycles. The maximum Gasteiger partial charge on any atom is 0.0520 e. The fraction of sp³-hybridized carbons (Fsp3) is 0.786. The molecule has 1 fully saturated rings. The number of rotatable bonds is 4. The molecule has 0 aliphatic heterocycles. The second-order valence-electron chi connectivity index (χ2n) is 4.77. The van der Waals surface area contributed by atoms with Crippen molar-refractivity contribution in [2.24, 2.45) is 16.8 Å². The van der Waals surface area contributed by atoms with E-state index in [2.05, 4.69) is 37.7 Å². The van der Waals surface area contributed by atoms with Crippen LogP contribution in [0.15, 0.2) is 17.1 Å². The highest BCUT2D eigenvalue weighted by Crippen LogP contribution is 2.32. The van der Waals surface area contributed by atoms with Crippen LogP contribution in [0.1, 0.15) is 52.4 Å². The summed E-state index contributed by atoms with van der Waals surface area (Å²) in [5.74, 6) is 1.54. The lowest BCUT2D eigenvalue weighted by Gasteiger charge is -2.24. The molecule has 0 N–H and O–H groups in total. The standard InChI is InChI=1S/C14H25N/c1-4-5-6-9-13-10-7-8-11-14(15-3)12(13)2/h5-6,12-14H,3-4,7-11H2,1-2H3. The molecule has 1 saturated carbocycles. The van der Waals surface area contributed by atoms with Crippen LogP contribution < -0.4 is 0 Å². The predicted octanol–water partition coefficient (Wildman–Crippen LogP) is 4.24. The van der Waals surface area contributed by atoms with Crippen LogP contribution in [0.3, 0.4) is 0 Å². The van der Waals surface area contributed by atoms with Gasteiger partial charge in [-0.2, -0.15) is 0 Å². The Bertz CT molecular complexity index is 207. The van der Waals surface area contributed by atoms with Crippen molar-refractivity contribution >= 4 is 6.72 Å². The normalized spacial score (nSPS) is 32.8. The summed E-state index contributed by atoms with van der Waals surface area (Å²) in [5.41, 5.74) is 0. The summed E-state index contributed by atoms with van der Waals surface area (Å²) in [6.07, 6.45) is 12.4. The van der Waals surface area contributed by atoms with Crippen LogP contribution in [-0.2, 0) is 0 Å². The van der Waals surface area contributed by atoms with Crippen molar-refractivity contribution in [1.29, 1.82) is 0 Å². The molecule has 0 radical (unpaired) electrons. The molecule has 0 spiro atoms. The average molecular weight is 207 g/mol. The van der Waals surface area contributed by atoms with E-state index in [0.29, 0.717) is 12.0 Å². The van der Waals surface area contributed by atoms with Crippen LogP contribution in [-0.4, -0.2) is 12.8 Å². The molecule has 0 saturated heterocycles. The van der Waals surface area contributed by atoms with Gasteiger partial charge in [-0.05, 0) is 44.2 Å². The number of nitrogens with zero attached hydrogens (tertiary/aromatic N) is 1. The maximum absolute atomic E-state index is 4.29. The molecule has 0 heterocycles. The van der Waals surface area contributed by atoms with E-state index < -0.39 is 0 Å². The molecule has 1 aliphatic rings. The van der Waals surface area contributed by atoms with Crippen molar-refractivity contribution < 1.29 is 0 Å². The third-order valence-corrected chi connectivity index (χ3v) is 3.75. The first kappa shape index (κ1) is 12.5. The van der Waals surface area contributed by atoms with Crippen molar-refractivity contribution in [3.8, 4) is 0 Å². The molecular formula is C14H25N. The van der Waals surface area contributed by atoms with Crippen LogP contribution >= 0.6 is 0 Å². The van der Waals surface area contributed by atoms with Crippen LogP contribution in [0.4, 0.5) is 0 Å². The van der Waals surface area contributed by atoms with E-state index in [-0.39, 0.29) is 0 Å². The maximum atomic E-state index is 4.29. The summed E-state index contributed by atoms with van der Waals surface area (Å²) in [6.45, 7) is 8.29. The van der Waals surface area contributed by atoms with Crippen LogP contribution in [0.25, 0.3) is 0 Å². The summed E-state index contributed by atoms with van der Waals surface area (Å²) < 4.78 is 0. The Morgan fingerprint density at radius 3 is 2.67 bits per heavy atom. The van der Waals surface area contributed by atoms with Gasteiger partial charge in [-0.25, -0.2) is 0 Å². The topological polar surface area (TPSA) is 12.4 Å². The van der Waals surface area contributed by atoms with Gasteiger partial charge in [0.05, 0.1) is 6.04 Å². The molecule has 1 nitrogen and oxygen atoms in total. The lowest BCUT2D eigenvalue weighted by Crippen LogP contribution is -2.21. The quantitative estimate of drug-likeness (QED) is 0.371. The van der Waals surface area contributed by atoms with Gasteiger partial charge in [0.2, 0.25) is 0 Å². The van der Waals surface area contributed by atoms with Gasteiger partial charge in [0.25, 0.3) is 0 Å². The molecule has 1 heteroatoms. The summed E-state index contributed by atoms with van der Waals surface area (Å²) >= 11 is 0. The molecule has 15 heavy (non-hydrogen) atoms. The Morgan fingerprint density at radius 1 is 1.27 bits per heavy atom. The lowest BCUT2D eigenvalue weighted by atomic mass is 9.84. The third-order valence-electron chi connectivity index (χ3n) is 3.75. The van der Waals surface area contributed by atoms with Gasteiger partial charge in [0.1, 0.15) is 0 Å². The Morgan fingerprint density at radius 2 is 2.00 bits per heavy atom. The van der Waals surface area contributed by atoms with Crippen LogP contribution in [0.5, 0.6) is 0 Å². The van der Waals surface area contributed by atoms with Gasteiger partial charge >= 0.3 is 0 Å². The Kier molecular flexibility index (Phi) is 5.67. The van der Waals surface area contributed by atoms with Gasteiger partial charge < -0.3 is 0 Å². The second kappa shape index (κ2) is 6.81. The van der Waals surface area contributed by atoms with Gasteiger partial charge in [-0.1, -0.05) is 38.8 Å². The number of hydrogen-bond donors (Lipinski definition) is 0. The highest BCUT2D eigenvalue weighted by Gasteiger charge is 2.26. The zero-order valence-electron chi connectivity index (χ0n) is 10.3. The van der Waals surface area contributed by atoms with Gasteiger partial charge in [0.15, 0.2) is 0 Å². The molecule has 0 bridgehead atoms. The zero-order valence-corrected chi connectivity index (χ0v) is 10.3. The van der Waals surface area contributed by atoms with Crippen molar-refractivity contribution in [2.45, 2.75) is 58.4 Å². The van der Waals surface area contributed by atoms with Crippen LogP contribution in [0, 0.1) is 11.8 Å². The molecule has 86 valence electrons. The Hall–Kier alpha value is -0.590. The van der Waals surface area contributed by atoms with Crippen molar-refractivity contribution in [1.82, 2.24) is 0 Å². The molecule has 0 amide bonds. The fourth-order valence-electron chi connectivity index (χ4n) is 2.63. The minimum Gasteiger partial charge on any atom is -0.297 e. The Labute approximate surface area is 94.7 Å². The Balaban J connectivity index is 2.52. The smallest absolute Gasteiger partial charge is 0.0520 e. The number of allylic oxidation sites excluding steroid dienone is 2. The number of hydrogen-bond acceptors (Lipinski definition) is 1. The fourth-order valence-corrected chi connectivity index (χ4v) is 2.63. The minimum absolute atomic E-state index is 0.507. The van der Waals surface area contributed by atoms with Crippen LogP contribution in [0.2, 0.25) is 0 Å². The average Bonchev–Trinajstić information content (AvgIpc) is 2.42.